The van der Waals surface area contributed by atoms with Crippen molar-refractivity contribution in [2.75, 3.05) is 18.4 Å². The van der Waals surface area contributed by atoms with E-state index in [4.69, 9.17) is 5.11 Å². The maximum absolute atomic E-state index is 12.6. The highest BCUT2D eigenvalue weighted by Gasteiger charge is 2.27. The molecule has 2 amide bonds. The van der Waals surface area contributed by atoms with Crippen molar-refractivity contribution in [1.29, 1.82) is 0 Å². The third-order valence-corrected chi connectivity index (χ3v) is 6.00. The fourth-order valence-electron chi connectivity index (χ4n) is 4.25. The summed E-state index contributed by atoms with van der Waals surface area (Å²) >= 11 is 0. The number of hydrogen-bond donors (Lipinski definition) is 2. The summed E-state index contributed by atoms with van der Waals surface area (Å²) in [6.07, 6.45) is 8.84. The average molecular weight is 386 g/mol. The lowest BCUT2D eigenvalue weighted by atomic mass is 9.96. The normalized spacial score (nSPS) is 19.1. The highest BCUT2D eigenvalue weighted by molar-refractivity contribution is 5.96. The number of piperidine rings is 1. The van der Waals surface area contributed by atoms with Gasteiger partial charge in [-0.05, 0) is 55.9 Å². The fraction of sp³-hybridized carbons (Fsp3) is 0.591. The van der Waals surface area contributed by atoms with E-state index in [1.54, 1.807) is 29.2 Å². The molecule has 6 heteroatoms. The first kappa shape index (κ1) is 20.4. The number of rotatable bonds is 5. The number of carbonyl (C=O) groups excluding carboxylic acids is 2. The Morgan fingerprint density at radius 1 is 0.929 bits per heavy atom. The molecule has 1 saturated heterocycles. The molecule has 0 atom stereocenters. The van der Waals surface area contributed by atoms with Crippen molar-refractivity contribution in [2.45, 2.75) is 57.8 Å². The van der Waals surface area contributed by atoms with E-state index in [-0.39, 0.29) is 17.7 Å². The highest BCUT2D eigenvalue weighted by Crippen LogP contribution is 2.26. The van der Waals surface area contributed by atoms with Crippen molar-refractivity contribution in [3.05, 3.63) is 29.8 Å². The lowest BCUT2D eigenvalue weighted by Gasteiger charge is -2.30. The zero-order valence-corrected chi connectivity index (χ0v) is 16.4. The standard InChI is InChI=1S/C22H30N2O4/c25-20(15-16-5-3-1-2-4-6-16)23-19-9-7-17(8-10-19)21(26)24-13-11-18(12-14-24)22(27)28/h7-10,16,18H,1-6,11-15H2,(H,23,25)(H,27,28). The summed E-state index contributed by atoms with van der Waals surface area (Å²) in [6.45, 7) is 0.936. The molecule has 6 nitrogen and oxygen atoms in total. The van der Waals surface area contributed by atoms with E-state index < -0.39 is 5.97 Å². The molecule has 1 saturated carbocycles. The van der Waals surface area contributed by atoms with Gasteiger partial charge in [-0.15, -0.1) is 0 Å². The second kappa shape index (κ2) is 9.71. The van der Waals surface area contributed by atoms with E-state index in [0.29, 0.717) is 49.5 Å². The summed E-state index contributed by atoms with van der Waals surface area (Å²) in [5.74, 6) is -0.690. The molecule has 1 aromatic rings. The minimum absolute atomic E-state index is 0.0433. The summed E-state index contributed by atoms with van der Waals surface area (Å²) in [6, 6.07) is 6.99. The fourth-order valence-corrected chi connectivity index (χ4v) is 4.25. The molecule has 2 aliphatic rings. The van der Waals surface area contributed by atoms with Gasteiger partial charge < -0.3 is 15.3 Å². The van der Waals surface area contributed by atoms with Crippen molar-refractivity contribution in [2.24, 2.45) is 11.8 Å². The van der Waals surface area contributed by atoms with Crippen molar-refractivity contribution in [3.8, 4) is 0 Å². The molecule has 0 spiro atoms. The Kier molecular flexibility index (Phi) is 7.06. The van der Waals surface area contributed by atoms with Crippen LogP contribution in [0.5, 0.6) is 0 Å². The van der Waals surface area contributed by atoms with Gasteiger partial charge in [0, 0.05) is 30.8 Å². The van der Waals surface area contributed by atoms with E-state index in [2.05, 4.69) is 5.32 Å². The van der Waals surface area contributed by atoms with Gasteiger partial charge in [-0.3, -0.25) is 14.4 Å². The van der Waals surface area contributed by atoms with Gasteiger partial charge in [0.1, 0.15) is 0 Å². The van der Waals surface area contributed by atoms with E-state index in [9.17, 15) is 14.4 Å². The van der Waals surface area contributed by atoms with Crippen molar-refractivity contribution in [1.82, 2.24) is 4.90 Å². The molecular formula is C22H30N2O4. The van der Waals surface area contributed by atoms with Crippen molar-refractivity contribution < 1.29 is 19.5 Å². The van der Waals surface area contributed by atoms with E-state index in [0.717, 1.165) is 12.8 Å². The van der Waals surface area contributed by atoms with Gasteiger partial charge in [0.2, 0.25) is 5.91 Å². The molecule has 3 rings (SSSR count). The Morgan fingerprint density at radius 2 is 1.54 bits per heavy atom. The molecule has 0 bridgehead atoms. The van der Waals surface area contributed by atoms with Crippen LogP contribution in [0.4, 0.5) is 5.69 Å². The molecule has 1 aliphatic carbocycles. The number of amides is 2. The summed E-state index contributed by atoms with van der Waals surface area (Å²) in [4.78, 5) is 37.6. The topological polar surface area (TPSA) is 86.7 Å². The first-order valence-electron chi connectivity index (χ1n) is 10.4. The number of carbonyl (C=O) groups is 3. The number of benzene rings is 1. The smallest absolute Gasteiger partial charge is 0.306 e. The lowest BCUT2D eigenvalue weighted by molar-refractivity contribution is -0.143. The van der Waals surface area contributed by atoms with Gasteiger partial charge in [0.15, 0.2) is 0 Å². The van der Waals surface area contributed by atoms with Crippen LogP contribution in [-0.2, 0) is 9.59 Å². The zero-order valence-electron chi connectivity index (χ0n) is 16.4. The second-order valence-electron chi connectivity index (χ2n) is 8.09. The van der Waals surface area contributed by atoms with Crippen LogP contribution in [-0.4, -0.2) is 40.9 Å². The molecule has 2 fully saturated rings. The van der Waals surface area contributed by atoms with E-state index in [1.807, 2.05) is 0 Å². The predicted molar refractivity (Wildman–Crippen MR) is 107 cm³/mol. The van der Waals surface area contributed by atoms with Gasteiger partial charge in [-0.2, -0.15) is 0 Å². The number of carboxylic acids is 1. The van der Waals surface area contributed by atoms with Crippen LogP contribution in [0.25, 0.3) is 0 Å². The van der Waals surface area contributed by atoms with Crippen LogP contribution < -0.4 is 5.32 Å². The van der Waals surface area contributed by atoms with Crippen molar-refractivity contribution >= 4 is 23.5 Å². The monoisotopic (exact) mass is 386 g/mol. The van der Waals surface area contributed by atoms with Gasteiger partial charge in [0.05, 0.1) is 5.92 Å². The van der Waals surface area contributed by atoms with Gasteiger partial charge >= 0.3 is 5.97 Å². The third kappa shape index (κ3) is 5.57. The Morgan fingerprint density at radius 3 is 2.11 bits per heavy atom. The summed E-state index contributed by atoms with van der Waals surface area (Å²) in [5.41, 5.74) is 1.27. The summed E-state index contributed by atoms with van der Waals surface area (Å²) in [7, 11) is 0. The highest BCUT2D eigenvalue weighted by atomic mass is 16.4. The van der Waals surface area contributed by atoms with Gasteiger partial charge in [-0.25, -0.2) is 0 Å². The quantitative estimate of drug-likeness (QED) is 0.751. The number of hydrogen-bond acceptors (Lipinski definition) is 3. The summed E-state index contributed by atoms with van der Waals surface area (Å²) in [5, 5.41) is 12.0. The predicted octanol–water partition coefficient (Wildman–Crippen LogP) is 3.92. The zero-order chi connectivity index (χ0) is 19.9. The van der Waals surface area contributed by atoms with Crippen LogP contribution in [0, 0.1) is 11.8 Å². The molecule has 1 heterocycles. The molecule has 2 N–H and O–H groups in total. The Bertz CT molecular complexity index is 685. The largest absolute Gasteiger partial charge is 0.481 e. The third-order valence-electron chi connectivity index (χ3n) is 6.00. The van der Waals surface area contributed by atoms with Crippen molar-refractivity contribution in [3.63, 3.8) is 0 Å². The number of carboxylic acid groups (broad SMARTS) is 1. The molecule has 1 aliphatic heterocycles. The minimum Gasteiger partial charge on any atom is -0.481 e. The number of nitrogens with one attached hydrogen (secondary N) is 1. The number of aliphatic carboxylic acids is 1. The molecule has 1 aromatic carbocycles. The van der Waals surface area contributed by atoms with Crippen LogP contribution in [0.2, 0.25) is 0 Å². The molecule has 28 heavy (non-hydrogen) atoms. The average Bonchev–Trinajstić information content (AvgIpc) is 2.96. The molecule has 0 aromatic heterocycles. The second-order valence-corrected chi connectivity index (χ2v) is 8.09. The Labute approximate surface area is 166 Å². The first-order chi connectivity index (χ1) is 13.5. The van der Waals surface area contributed by atoms with Crippen LogP contribution >= 0.6 is 0 Å². The lowest BCUT2D eigenvalue weighted by Crippen LogP contribution is -2.40. The maximum atomic E-state index is 12.6. The van der Waals surface area contributed by atoms with Crippen LogP contribution in [0.1, 0.15) is 68.1 Å². The summed E-state index contributed by atoms with van der Waals surface area (Å²) < 4.78 is 0. The van der Waals surface area contributed by atoms with E-state index >= 15 is 0 Å². The van der Waals surface area contributed by atoms with Crippen LogP contribution in [0.3, 0.4) is 0 Å². The van der Waals surface area contributed by atoms with E-state index in [1.165, 1.54) is 25.7 Å². The minimum atomic E-state index is -0.781. The SMILES string of the molecule is O=C(CC1CCCCCC1)Nc1ccc(C(=O)N2CCC(C(=O)O)CC2)cc1. The van der Waals surface area contributed by atoms with Gasteiger partial charge in [0.25, 0.3) is 5.91 Å². The molecule has 0 unspecified atom stereocenters. The number of anilines is 1. The molecule has 0 radical (unpaired) electrons. The maximum Gasteiger partial charge on any atom is 0.306 e. The Balaban J connectivity index is 1.49. The van der Waals surface area contributed by atoms with Gasteiger partial charge in [-0.1, -0.05) is 25.7 Å². The molecular weight excluding hydrogens is 356 g/mol. The number of nitrogens with zero attached hydrogens (tertiary/aromatic N) is 1. The number of likely N-dealkylation sites (tertiary alicyclic amines) is 1. The molecule has 152 valence electrons. The Hall–Kier alpha value is -2.37. The van der Waals surface area contributed by atoms with Crippen LogP contribution in [0.15, 0.2) is 24.3 Å². The first-order valence-corrected chi connectivity index (χ1v) is 10.4.